The van der Waals surface area contributed by atoms with Gasteiger partial charge in [-0.05, 0) is 38.0 Å². The summed E-state index contributed by atoms with van der Waals surface area (Å²) in [7, 11) is 2.65. The van der Waals surface area contributed by atoms with Crippen molar-refractivity contribution in [3.63, 3.8) is 0 Å². The van der Waals surface area contributed by atoms with Crippen LogP contribution in [0.25, 0.3) is 0 Å². The molecule has 1 saturated carbocycles. The number of hydrogen-bond donors (Lipinski definition) is 2. The highest BCUT2D eigenvalue weighted by molar-refractivity contribution is 5.87. The molecular weight excluding hydrogens is 534 g/mol. The third-order valence-corrected chi connectivity index (χ3v) is 9.37. The summed E-state index contributed by atoms with van der Waals surface area (Å²) in [4.78, 5) is 41.0. The lowest BCUT2D eigenvalue weighted by Crippen LogP contribution is -2.57. The molecule has 12 atom stereocenters. The average molecular weight is 574 g/mol. The lowest BCUT2D eigenvalue weighted by molar-refractivity contribution is -0.173. The number of aromatic amines is 1. The summed E-state index contributed by atoms with van der Waals surface area (Å²) in [6, 6.07) is 3.35. The smallest absolute Gasteiger partial charge is 0.456 e. The minimum Gasteiger partial charge on any atom is -0.456 e. The highest BCUT2D eigenvalue weighted by atomic mass is 16.7. The number of nitrogens with one attached hydrogen (secondary N) is 1. The minimum atomic E-state index is -0.995. The van der Waals surface area contributed by atoms with Crippen molar-refractivity contribution in [3.05, 3.63) is 47.8 Å². The maximum Gasteiger partial charge on any atom is 0.508 e. The van der Waals surface area contributed by atoms with E-state index in [9.17, 15) is 19.5 Å². The van der Waals surface area contributed by atoms with Crippen LogP contribution in [0.2, 0.25) is 0 Å². The average Bonchev–Trinajstić information content (AvgIpc) is 3.55. The Morgan fingerprint density at radius 3 is 2.63 bits per heavy atom. The Morgan fingerprint density at radius 2 is 1.98 bits per heavy atom. The molecule has 5 rings (SSSR count). The molecule has 0 aromatic carbocycles. The molecule has 1 aromatic rings. The van der Waals surface area contributed by atoms with E-state index in [2.05, 4.69) is 9.72 Å². The third kappa shape index (κ3) is 4.87. The number of hydrogen-bond acceptors (Lipinski definition) is 10. The van der Waals surface area contributed by atoms with Crippen LogP contribution in [0.5, 0.6) is 0 Å². The van der Waals surface area contributed by atoms with Gasteiger partial charge in [-0.15, -0.1) is 0 Å². The quantitative estimate of drug-likeness (QED) is 0.306. The molecule has 41 heavy (non-hydrogen) atoms. The number of ether oxygens (including phenoxy) is 6. The zero-order valence-corrected chi connectivity index (χ0v) is 24.1. The van der Waals surface area contributed by atoms with Crippen LogP contribution in [0.1, 0.15) is 44.6 Å². The number of aromatic nitrogens is 1. The van der Waals surface area contributed by atoms with Crippen molar-refractivity contribution in [1.82, 2.24) is 4.98 Å². The monoisotopic (exact) mass is 573 g/mol. The van der Waals surface area contributed by atoms with Crippen molar-refractivity contribution in [1.29, 1.82) is 0 Å². The maximum absolute atomic E-state index is 13.4. The van der Waals surface area contributed by atoms with Crippen molar-refractivity contribution in [3.8, 4) is 0 Å². The lowest BCUT2D eigenvalue weighted by Gasteiger charge is -2.48. The first kappa shape index (κ1) is 29.3. The topological polar surface area (TPSA) is 143 Å². The second-order valence-electron chi connectivity index (χ2n) is 11.6. The molecule has 1 unspecified atom stereocenters. The van der Waals surface area contributed by atoms with E-state index in [1.54, 1.807) is 25.3 Å². The van der Waals surface area contributed by atoms with Crippen LogP contribution >= 0.6 is 0 Å². The first-order valence-electron chi connectivity index (χ1n) is 14.1. The van der Waals surface area contributed by atoms with Gasteiger partial charge in [-0.25, -0.2) is 14.4 Å². The van der Waals surface area contributed by atoms with Gasteiger partial charge in [0, 0.05) is 42.9 Å². The van der Waals surface area contributed by atoms with Gasteiger partial charge in [0.15, 0.2) is 6.10 Å². The predicted molar refractivity (Wildman–Crippen MR) is 144 cm³/mol. The molecule has 2 aliphatic heterocycles. The summed E-state index contributed by atoms with van der Waals surface area (Å²) < 4.78 is 34.4. The summed E-state index contributed by atoms with van der Waals surface area (Å²) in [6.45, 7) is 7.32. The van der Waals surface area contributed by atoms with Crippen LogP contribution in [-0.2, 0) is 33.2 Å². The highest BCUT2D eigenvalue weighted by Crippen LogP contribution is 2.61. The number of aliphatic hydroxyl groups excluding tert-OH is 1. The molecule has 1 aromatic heterocycles. The molecule has 11 nitrogen and oxygen atoms in total. The van der Waals surface area contributed by atoms with Gasteiger partial charge in [0.1, 0.15) is 35.7 Å². The van der Waals surface area contributed by atoms with E-state index in [0.29, 0.717) is 5.69 Å². The van der Waals surface area contributed by atoms with E-state index in [1.807, 2.05) is 39.0 Å². The van der Waals surface area contributed by atoms with Crippen LogP contribution in [0.15, 0.2) is 42.1 Å². The van der Waals surface area contributed by atoms with E-state index in [4.69, 9.17) is 23.7 Å². The van der Waals surface area contributed by atoms with Gasteiger partial charge in [0.2, 0.25) is 0 Å². The number of aliphatic hydroxyl groups is 1. The van der Waals surface area contributed by atoms with E-state index >= 15 is 0 Å². The van der Waals surface area contributed by atoms with Crippen LogP contribution in [0.4, 0.5) is 4.79 Å². The molecule has 2 aliphatic carbocycles. The van der Waals surface area contributed by atoms with Crippen molar-refractivity contribution in [2.75, 3.05) is 14.2 Å². The summed E-state index contributed by atoms with van der Waals surface area (Å²) in [5.74, 6) is -2.82. The fraction of sp³-hybridized carbons (Fsp3) is 0.633. The van der Waals surface area contributed by atoms with Gasteiger partial charge in [-0.3, -0.25) is 0 Å². The van der Waals surface area contributed by atoms with E-state index in [1.165, 1.54) is 14.2 Å². The molecular formula is C30H39NO10. The number of H-pyrrole nitrogens is 1. The second kappa shape index (κ2) is 11.3. The van der Waals surface area contributed by atoms with Crippen molar-refractivity contribution in [2.24, 2.45) is 29.6 Å². The van der Waals surface area contributed by atoms with Gasteiger partial charge in [-0.2, -0.15) is 0 Å². The number of rotatable bonds is 5. The van der Waals surface area contributed by atoms with Gasteiger partial charge in [-0.1, -0.05) is 32.1 Å². The van der Waals surface area contributed by atoms with Crippen molar-refractivity contribution < 1.29 is 47.9 Å². The molecule has 11 heteroatoms. The molecule has 4 aliphatic rings. The van der Waals surface area contributed by atoms with E-state index in [-0.39, 0.29) is 24.2 Å². The largest absolute Gasteiger partial charge is 0.508 e. The number of carbonyl (C=O) groups is 3. The molecule has 224 valence electrons. The van der Waals surface area contributed by atoms with E-state index < -0.39 is 72.2 Å². The first-order chi connectivity index (χ1) is 19.5. The lowest BCUT2D eigenvalue weighted by atomic mass is 9.57. The second-order valence-corrected chi connectivity index (χ2v) is 11.6. The fourth-order valence-corrected chi connectivity index (χ4v) is 7.40. The number of carbonyl (C=O) groups excluding carboxylic acids is 3. The molecule has 2 fully saturated rings. The Bertz CT molecular complexity index is 1210. The molecule has 3 heterocycles. The Labute approximate surface area is 239 Å². The zero-order chi connectivity index (χ0) is 29.6. The summed E-state index contributed by atoms with van der Waals surface area (Å²) in [5.41, 5.74) is 0.175. The highest BCUT2D eigenvalue weighted by Gasteiger charge is 2.69. The van der Waals surface area contributed by atoms with Crippen molar-refractivity contribution in [2.45, 2.75) is 76.3 Å². The molecule has 0 amide bonds. The fourth-order valence-electron chi connectivity index (χ4n) is 7.40. The van der Waals surface area contributed by atoms with Gasteiger partial charge in [0.05, 0.1) is 13.2 Å². The minimum absolute atomic E-state index is 0.217. The Hall–Kier alpha value is -3.15. The SMILES string of the molecule is COC(=O)O[C@H](C)[C@H]1OC(=O)[C@@H](OC)CC2C=C[C@H]3[C@H]4O[C@]2(/C(C)=C/[C@H]1C)[C@@H]3[C@H](O)[C@@H](C)[C@H]4OC(=O)c1ccc[nH]1. The summed E-state index contributed by atoms with van der Waals surface area (Å²) >= 11 is 0. The van der Waals surface area contributed by atoms with Gasteiger partial charge >= 0.3 is 18.1 Å². The molecule has 1 spiro atoms. The third-order valence-electron chi connectivity index (χ3n) is 9.37. The number of cyclic esters (lactones) is 1. The van der Waals surface area contributed by atoms with Crippen LogP contribution < -0.4 is 0 Å². The standard InChI is InChI=1S/C30H39NO10/c1-14-12-15(2)30-18(13-21(36-5)28(34)39-24(14)17(4)38-29(35)37-6)9-10-19-22(30)23(32)16(3)25(26(19)41-30)40-27(33)20-8-7-11-31-20/h7-12,14,16-19,21-26,31-32H,13H2,1-6H3/b15-12+/t14-,16-,17-,18?,19-,21+,22+,23-,24+,25-,26-,30+/m1/s1. The number of methoxy groups -OCH3 is 2. The molecule has 4 bridgehead atoms. The molecule has 1 saturated heterocycles. The normalized spacial score (nSPS) is 41.7. The van der Waals surface area contributed by atoms with Crippen LogP contribution in [0.3, 0.4) is 0 Å². The number of esters is 2. The Balaban J connectivity index is 1.55. The zero-order valence-electron chi connectivity index (χ0n) is 24.1. The molecule has 2 N–H and O–H groups in total. The van der Waals surface area contributed by atoms with E-state index in [0.717, 1.165) is 5.57 Å². The molecule has 0 radical (unpaired) electrons. The summed E-state index contributed by atoms with van der Waals surface area (Å²) in [6.07, 6.45) is 2.33. The predicted octanol–water partition coefficient (Wildman–Crippen LogP) is 3.19. The van der Waals surface area contributed by atoms with Gasteiger partial charge < -0.3 is 38.5 Å². The van der Waals surface area contributed by atoms with Crippen molar-refractivity contribution >= 4 is 18.1 Å². The van der Waals surface area contributed by atoms with Gasteiger partial charge in [0.25, 0.3) is 0 Å². The van der Waals surface area contributed by atoms with Crippen LogP contribution in [0, 0.1) is 29.6 Å². The summed E-state index contributed by atoms with van der Waals surface area (Å²) in [5, 5.41) is 11.8. The Morgan fingerprint density at radius 1 is 1.22 bits per heavy atom. The Kier molecular flexibility index (Phi) is 8.06. The van der Waals surface area contributed by atoms with Crippen LogP contribution in [-0.4, -0.2) is 84.6 Å². The first-order valence-corrected chi connectivity index (χ1v) is 14.1. The maximum atomic E-state index is 13.4.